The van der Waals surface area contributed by atoms with Gasteiger partial charge in [-0.25, -0.2) is 0 Å². The van der Waals surface area contributed by atoms with Gasteiger partial charge in [0.1, 0.15) is 19.0 Å². The largest absolute Gasteiger partial charge is 0.494 e. The molecule has 0 fully saturated rings. The molecule has 3 aromatic rings. The number of carbonyl (C=O) groups excluding carboxylic acids is 1. The highest BCUT2D eigenvalue weighted by molar-refractivity contribution is 5.99. The molecular weight excluding hydrogens is 452 g/mol. The zero-order chi connectivity index (χ0) is 25.5. The number of pyridine rings is 1. The van der Waals surface area contributed by atoms with E-state index in [9.17, 15) is 4.79 Å². The van der Waals surface area contributed by atoms with E-state index in [1.54, 1.807) is 19.5 Å². The van der Waals surface area contributed by atoms with Gasteiger partial charge in [-0.05, 0) is 66.9 Å². The zero-order valence-corrected chi connectivity index (χ0v) is 21.1. The Morgan fingerprint density at radius 3 is 2.47 bits per heavy atom. The lowest BCUT2D eigenvalue weighted by molar-refractivity contribution is -0.122. The number of carbonyl (C=O) groups is 1. The molecule has 0 spiro atoms. The lowest BCUT2D eigenvalue weighted by atomic mass is 9.72. The van der Waals surface area contributed by atoms with Crippen LogP contribution < -0.4 is 15.0 Å². The molecule has 0 bridgehead atoms. The fourth-order valence-electron chi connectivity index (χ4n) is 3.97. The van der Waals surface area contributed by atoms with Crippen molar-refractivity contribution in [1.82, 2.24) is 4.98 Å². The molecule has 0 saturated carbocycles. The van der Waals surface area contributed by atoms with Gasteiger partial charge in [-0.2, -0.15) is 0 Å². The average Bonchev–Trinajstić information content (AvgIpc) is 2.92. The van der Waals surface area contributed by atoms with Gasteiger partial charge in [-0.15, -0.1) is 0 Å². The van der Waals surface area contributed by atoms with Crippen LogP contribution >= 0.6 is 0 Å². The quantitative estimate of drug-likeness (QED) is 0.431. The van der Waals surface area contributed by atoms with Crippen LogP contribution in [0.1, 0.15) is 32.0 Å². The second-order valence-electron chi connectivity index (χ2n) is 9.15. The summed E-state index contributed by atoms with van der Waals surface area (Å²) in [6.07, 6.45) is 5.37. The number of rotatable bonds is 9. The van der Waals surface area contributed by atoms with Crippen LogP contribution in [0.15, 0.2) is 89.9 Å². The van der Waals surface area contributed by atoms with Crippen molar-refractivity contribution in [3.8, 4) is 5.75 Å². The van der Waals surface area contributed by atoms with Gasteiger partial charge in [0, 0.05) is 23.8 Å². The van der Waals surface area contributed by atoms with Gasteiger partial charge >= 0.3 is 0 Å². The smallest absolute Gasteiger partial charge is 0.235 e. The molecule has 0 radical (unpaired) electrons. The van der Waals surface area contributed by atoms with Gasteiger partial charge in [-0.3, -0.25) is 14.8 Å². The van der Waals surface area contributed by atoms with E-state index in [0.29, 0.717) is 24.8 Å². The Kier molecular flexibility index (Phi) is 7.68. The number of nitrogens with one attached hydrogen (secondary N) is 1. The highest BCUT2D eigenvalue weighted by atomic mass is 16.5. The van der Waals surface area contributed by atoms with E-state index >= 15 is 0 Å². The third kappa shape index (κ3) is 5.57. The Morgan fingerprint density at radius 1 is 1.08 bits per heavy atom. The Morgan fingerprint density at radius 2 is 1.83 bits per heavy atom. The molecule has 1 N–H and O–H groups in total. The number of allylic oxidation sites excluding steroid dienone is 1. The van der Waals surface area contributed by atoms with Gasteiger partial charge in [0.15, 0.2) is 5.76 Å². The van der Waals surface area contributed by atoms with Gasteiger partial charge in [0.05, 0.1) is 24.4 Å². The summed E-state index contributed by atoms with van der Waals surface area (Å²) in [5.41, 5.74) is 2.79. The number of aromatic nitrogens is 1. The van der Waals surface area contributed by atoms with Crippen molar-refractivity contribution in [2.24, 2.45) is 10.9 Å². The molecule has 0 aliphatic carbocycles. The topological polar surface area (TPSA) is 76.0 Å². The first-order chi connectivity index (χ1) is 17.4. The fourth-order valence-corrected chi connectivity index (χ4v) is 3.97. The van der Waals surface area contributed by atoms with Crippen molar-refractivity contribution in [2.45, 2.75) is 32.8 Å². The van der Waals surface area contributed by atoms with Gasteiger partial charge in [0.2, 0.25) is 5.91 Å². The molecule has 186 valence electrons. The standard InChI is InChI=1S/C29H32N4O3/c1-21(2)29(3,22-8-12-25(13-9-22)33-18-27(35-4)17-30-20-33)28(34)32-23-10-14-26(15-11-23)36-19-24-7-5-6-16-31-24/h5-18,21H,19-20H2,1-4H3,(H,32,34). The Balaban J connectivity index is 1.44. The zero-order valence-electron chi connectivity index (χ0n) is 21.1. The molecule has 1 amide bonds. The van der Waals surface area contributed by atoms with Crippen LogP contribution in [-0.4, -0.2) is 30.9 Å². The summed E-state index contributed by atoms with van der Waals surface area (Å²) in [7, 11) is 1.62. The Hall–Kier alpha value is -4.13. The minimum absolute atomic E-state index is 0.0588. The molecular formula is C29H32N4O3. The normalized spacial score (nSPS) is 14.7. The van der Waals surface area contributed by atoms with E-state index in [4.69, 9.17) is 9.47 Å². The third-order valence-corrected chi connectivity index (χ3v) is 6.62. The molecule has 4 rings (SSSR count). The average molecular weight is 485 g/mol. The van der Waals surface area contributed by atoms with E-state index < -0.39 is 5.41 Å². The van der Waals surface area contributed by atoms with Crippen molar-refractivity contribution in [3.05, 3.63) is 96.1 Å². The Labute approximate surface area is 212 Å². The van der Waals surface area contributed by atoms with Crippen molar-refractivity contribution < 1.29 is 14.3 Å². The number of aliphatic imine (C=N–C) groups is 1. The lowest BCUT2D eigenvalue weighted by Crippen LogP contribution is -2.42. The number of benzene rings is 2. The number of ether oxygens (including phenoxy) is 2. The summed E-state index contributed by atoms with van der Waals surface area (Å²) in [5.74, 6) is 1.43. The number of methoxy groups -OCH3 is 1. The van der Waals surface area contributed by atoms with Crippen LogP contribution in [0.3, 0.4) is 0 Å². The molecule has 7 nitrogen and oxygen atoms in total. The summed E-state index contributed by atoms with van der Waals surface area (Å²) >= 11 is 0. The minimum Gasteiger partial charge on any atom is -0.494 e. The minimum atomic E-state index is -0.722. The molecule has 1 atom stereocenters. The summed E-state index contributed by atoms with van der Waals surface area (Å²) in [4.78, 5) is 24.1. The van der Waals surface area contributed by atoms with E-state index in [0.717, 1.165) is 22.6 Å². The predicted molar refractivity (Wildman–Crippen MR) is 143 cm³/mol. The predicted octanol–water partition coefficient (Wildman–Crippen LogP) is 5.55. The maximum absolute atomic E-state index is 13.5. The van der Waals surface area contributed by atoms with Crippen molar-refractivity contribution in [2.75, 3.05) is 24.0 Å². The van der Waals surface area contributed by atoms with E-state index in [1.165, 1.54) is 0 Å². The van der Waals surface area contributed by atoms with Gasteiger partial charge in [0.25, 0.3) is 0 Å². The molecule has 0 saturated heterocycles. The third-order valence-electron chi connectivity index (χ3n) is 6.62. The van der Waals surface area contributed by atoms with Crippen molar-refractivity contribution in [1.29, 1.82) is 0 Å². The second-order valence-corrected chi connectivity index (χ2v) is 9.15. The summed E-state index contributed by atoms with van der Waals surface area (Å²) in [6.45, 7) is 7.03. The molecule has 2 heterocycles. The molecule has 1 aliphatic rings. The Bertz CT molecular complexity index is 1220. The molecule has 36 heavy (non-hydrogen) atoms. The van der Waals surface area contributed by atoms with E-state index in [1.807, 2.05) is 84.8 Å². The van der Waals surface area contributed by atoms with Gasteiger partial charge in [-0.1, -0.05) is 32.0 Å². The molecule has 7 heteroatoms. The van der Waals surface area contributed by atoms with E-state index in [-0.39, 0.29) is 11.8 Å². The number of hydrogen-bond donors (Lipinski definition) is 1. The van der Waals surface area contributed by atoms with Crippen LogP contribution in [-0.2, 0) is 21.6 Å². The molecule has 1 aliphatic heterocycles. The number of nitrogens with zero attached hydrogens (tertiary/aromatic N) is 3. The SMILES string of the molecule is COC1=CN(c2ccc(C(C)(C(=O)Nc3ccc(OCc4ccccn4)cc3)C(C)C)cc2)CN=C1. The van der Waals surface area contributed by atoms with Crippen LogP contribution in [0.4, 0.5) is 11.4 Å². The monoisotopic (exact) mass is 484 g/mol. The highest BCUT2D eigenvalue weighted by Crippen LogP contribution is 2.35. The van der Waals surface area contributed by atoms with Crippen LogP contribution in [0.25, 0.3) is 0 Å². The van der Waals surface area contributed by atoms with Gasteiger partial charge < -0.3 is 19.7 Å². The van der Waals surface area contributed by atoms with Crippen molar-refractivity contribution >= 4 is 23.5 Å². The van der Waals surface area contributed by atoms with Crippen molar-refractivity contribution in [3.63, 3.8) is 0 Å². The molecule has 1 aromatic heterocycles. The van der Waals surface area contributed by atoms with E-state index in [2.05, 4.69) is 29.1 Å². The second kappa shape index (κ2) is 11.1. The van der Waals surface area contributed by atoms with Crippen LogP contribution in [0.5, 0.6) is 5.75 Å². The summed E-state index contributed by atoms with van der Waals surface area (Å²) < 4.78 is 11.1. The maximum Gasteiger partial charge on any atom is 0.235 e. The highest BCUT2D eigenvalue weighted by Gasteiger charge is 2.38. The van der Waals surface area contributed by atoms with Crippen LogP contribution in [0, 0.1) is 5.92 Å². The number of amides is 1. The molecule has 2 aromatic carbocycles. The summed E-state index contributed by atoms with van der Waals surface area (Å²) in [6, 6.07) is 21.2. The fraction of sp³-hybridized carbons (Fsp3) is 0.276. The summed E-state index contributed by atoms with van der Waals surface area (Å²) in [5, 5.41) is 3.09. The first-order valence-corrected chi connectivity index (χ1v) is 12.0. The van der Waals surface area contributed by atoms with Crippen LogP contribution in [0.2, 0.25) is 0 Å². The maximum atomic E-state index is 13.5. The first kappa shape index (κ1) is 25.0. The first-order valence-electron chi connectivity index (χ1n) is 12.0. The lowest BCUT2D eigenvalue weighted by Gasteiger charge is -2.33. The number of anilines is 2. The molecule has 1 unspecified atom stereocenters. The number of hydrogen-bond acceptors (Lipinski definition) is 6.